The zero-order valence-corrected chi connectivity index (χ0v) is 15.7. The zero-order valence-electron chi connectivity index (χ0n) is 14.9. The smallest absolute Gasteiger partial charge is 0.263 e. The zero-order chi connectivity index (χ0) is 19.0. The topological polar surface area (TPSA) is 74.6 Å². The molecule has 7 nitrogen and oxygen atoms in total. The first-order chi connectivity index (χ1) is 13.1. The molecule has 0 aliphatic carbocycles. The predicted octanol–water partition coefficient (Wildman–Crippen LogP) is 3.31. The second kappa shape index (κ2) is 7.03. The standard InChI is InChI=1S/C19H18N4O3S/c1-3-26-14-9-7-12(8-10-14)23-17-16(20-21-23)18(24)22(19(17)25)13-5-4-6-15(11-13)27-2/h4-11,16-17H,3H2,1-2H3/t16-,17-/m1/s1. The number of ether oxygens (including phenoxy) is 1. The molecule has 0 spiro atoms. The molecule has 8 heteroatoms. The van der Waals surface area contributed by atoms with Crippen LogP contribution in [0, 0.1) is 0 Å². The van der Waals surface area contributed by atoms with Gasteiger partial charge < -0.3 is 4.74 Å². The molecule has 2 amide bonds. The fourth-order valence-electron chi connectivity index (χ4n) is 3.24. The molecule has 0 aromatic heterocycles. The van der Waals surface area contributed by atoms with Crippen molar-refractivity contribution < 1.29 is 14.3 Å². The Labute approximate surface area is 161 Å². The van der Waals surface area contributed by atoms with Crippen LogP contribution in [0.15, 0.2) is 63.8 Å². The summed E-state index contributed by atoms with van der Waals surface area (Å²) in [6, 6.07) is 13.0. The van der Waals surface area contributed by atoms with E-state index in [0.29, 0.717) is 18.0 Å². The number of benzene rings is 2. The molecule has 27 heavy (non-hydrogen) atoms. The SMILES string of the molecule is CCOc1ccc(N2N=N[C@H]3C(=O)N(c4cccc(SC)c4)C(=O)[C@@H]32)cc1. The number of hydrogen-bond acceptors (Lipinski definition) is 7. The van der Waals surface area contributed by atoms with Crippen LogP contribution < -0.4 is 14.6 Å². The molecule has 2 aromatic carbocycles. The quantitative estimate of drug-likeness (QED) is 0.586. The van der Waals surface area contributed by atoms with Gasteiger partial charge in [0.05, 0.1) is 18.0 Å². The van der Waals surface area contributed by atoms with Crippen molar-refractivity contribution in [3.8, 4) is 5.75 Å². The molecule has 2 aliphatic heterocycles. The second-order valence-corrected chi connectivity index (χ2v) is 6.96. The highest BCUT2D eigenvalue weighted by molar-refractivity contribution is 7.98. The van der Waals surface area contributed by atoms with Crippen LogP contribution >= 0.6 is 11.8 Å². The van der Waals surface area contributed by atoms with Gasteiger partial charge in [-0.05, 0) is 55.6 Å². The molecule has 2 atom stereocenters. The molecule has 0 N–H and O–H groups in total. The van der Waals surface area contributed by atoms with Gasteiger partial charge in [0, 0.05) is 4.90 Å². The molecule has 2 aromatic rings. The van der Waals surface area contributed by atoms with Gasteiger partial charge in [-0.15, -0.1) is 11.8 Å². The van der Waals surface area contributed by atoms with E-state index in [9.17, 15) is 9.59 Å². The van der Waals surface area contributed by atoms with Crippen LogP contribution in [0.4, 0.5) is 11.4 Å². The van der Waals surface area contributed by atoms with E-state index in [1.807, 2.05) is 43.5 Å². The summed E-state index contributed by atoms with van der Waals surface area (Å²) >= 11 is 1.55. The molecule has 0 saturated carbocycles. The molecule has 0 bridgehead atoms. The maximum atomic E-state index is 13.1. The van der Waals surface area contributed by atoms with Gasteiger partial charge in [-0.1, -0.05) is 11.3 Å². The molecule has 138 valence electrons. The maximum absolute atomic E-state index is 13.1. The first-order valence-electron chi connectivity index (χ1n) is 8.58. The van der Waals surface area contributed by atoms with Crippen molar-refractivity contribution in [2.75, 3.05) is 22.8 Å². The minimum Gasteiger partial charge on any atom is -0.494 e. The molecule has 0 unspecified atom stereocenters. The number of amides is 2. The lowest BCUT2D eigenvalue weighted by molar-refractivity contribution is -0.121. The normalized spacial score (nSPS) is 21.1. The van der Waals surface area contributed by atoms with E-state index in [2.05, 4.69) is 10.3 Å². The summed E-state index contributed by atoms with van der Waals surface area (Å²) in [7, 11) is 0. The van der Waals surface area contributed by atoms with Crippen LogP contribution in [0.2, 0.25) is 0 Å². The lowest BCUT2D eigenvalue weighted by atomic mass is 10.1. The minimum atomic E-state index is -0.818. The van der Waals surface area contributed by atoms with Crippen molar-refractivity contribution in [1.82, 2.24) is 0 Å². The Hall–Kier alpha value is -2.87. The third-order valence-electron chi connectivity index (χ3n) is 4.51. The summed E-state index contributed by atoms with van der Waals surface area (Å²) in [5.74, 6) is 0.0702. The van der Waals surface area contributed by atoms with Crippen LogP contribution in [0.25, 0.3) is 0 Å². The highest BCUT2D eigenvalue weighted by Crippen LogP contribution is 2.36. The average molecular weight is 382 g/mol. The van der Waals surface area contributed by atoms with Crippen molar-refractivity contribution in [2.45, 2.75) is 23.9 Å². The van der Waals surface area contributed by atoms with Gasteiger partial charge in [0.2, 0.25) is 0 Å². The maximum Gasteiger partial charge on any atom is 0.263 e. The van der Waals surface area contributed by atoms with E-state index in [-0.39, 0.29) is 11.8 Å². The lowest BCUT2D eigenvalue weighted by Crippen LogP contribution is -2.39. The third kappa shape index (κ3) is 2.95. The fourth-order valence-corrected chi connectivity index (χ4v) is 3.69. The van der Waals surface area contributed by atoms with Crippen molar-refractivity contribution in [1.29, 1.82) is 0 Å². The van der Waals surface area contributed by atoms with E-state index in [4.69, 9.17) is 4.74 Å². The van der Waals surface area contributed by atoms with Crippen LogP contribution in [-0.2, 0) is 9.59 Å². The summed E-state index contributed by atoms with van der Waals surface area (Å²) in [4.78, 5) is 28.1. The van der Waals surface area contributed by atoms with Crippen molar-refractivity contribution in [3.05, 3.63) is 48.5 Å². The number of thioether (sulfide) groups is 1. The summed E-state index contributed by atoms with van der Waals surface area (Å²) < 4.78 is 5.44. The highest BCUT2D eigenvalue weighted by atomic mass is 32.2. The Bertz CT molecular complexity index is 915. The number of hydrogen-bond donors (Lipinski definition) is 0. The first kappa shape index (κ1) is 17.5. The summed E-state index contributed by atoms with van der Waals surface area (Å²) in [6.45, 7) is 2.49. The molecule has 2 heterocycles. The van der Waals surface area contributed by atoms with Crippen LogP contribution in [0.1, 0.15) is 6.92 Å². The summed E-state index contributed by atoms with van der Waals surface area (Å²) in [5.41, 5.74) is 1.25. The Balaban J connectivity index is 1.63. The van der Waals surface area contributed by atoms with E-state index in [1.54, 1.807) is 30.0 Å². The largest absolute Gasteiger partial charge is 0.494 e. The first-order valence-corrected chi connectivity index (χ1v) is 9.81. The number of rotatable bonds is 5. The minimum absolute atomic E-state index is 0.317. The monoisotopic (exact) mass is 382 g/mol. The van der Waals surface area contributed by atoms with E-state index < -0.39 is 12.1 Å². The van der Waals surface area contributed by atoms with Gasteiger partial charge in [-0.2, -0.15) is 5.11 Å². The van der Waals surface area contributed by atoms with E-state index in [0.717, 1.165) is 10.6 Å². The molecular formula is C19H18N4O3S. The average Bonchev–Trinajstić information content (AvgIpc) is 3.23. The Kier molecular flexibility index (Phi) is 4.57. The van der Waals surface area contributed by atoms with Gasteiger partial charge in [0.25, 0.3) is 11.8 Å². The molecule has 4 rings (SSSR count). The van der Waals surface area contributed by atoms with Crippen LogP contribution in [0.3, 0.4) is 0 Å². The van der Waals surface area contributed by atoms with Crippen molar-refractivity contribution in [3.63, 3.8) is 0 Å². The van der Waals surface area contributed by atoms with E-state index in [1.165, 1.54) is 9.91 Å². The fraction of sp³-hybridized carbons (Fsp3) is 0.263. The van der Waals surface area contributed by atoms with Crippen molar-refractivity contribution >= 4 is 35.0 Å². The number of carbonyl (C=O) groups is 2. The van der Waals surface area contributed by atoms with Gasteiger partial charge >= 0.3 is 0 Å². The third-order valence-corrected chi connectivity index (χ3v) is 5.23. The number of anilines is 2. The molecule has 1 saturated heterocycles. The molecular weight excluding hydrogens is 364 g/mol. The molecule has 1 fully saturated rings. The molecule has 2 aliphatic rings. The predicted molar refractivity (Wildman–Crippen MR) is 103 cm³/mol. The number of carbonyl (C=O) groups excluding carboxylic acids is 2. The number of nitrogens with zero attached hydrogens (tertiary/aromatic N) is 4. The summed E-state index contributed by atoms with van der Waals surface area (Å²) in [5, 5.41) is 9.65. The van der Waals surface area contributed by atoms with Gasteiger partial charge in [0.1, 0.15) is 5.75 Å². The molecule has 0 radical (unpaired) electrons. The van der Waals surface area contributed by atoms with Gasteiger partial charge in [0.15, 0.2) is 12.1 Å². The second-order valence-electron chi connectivity index (χ2n) is 6.08. The number of fused-ring (bicyclic) bond motifs is 1. The van der Waals surface area contributed by atoms with Crippen molar-refractivity contribution in [2.24, 2.45) is 10.3 Å². The van der Waals surface area contributed by atoms with Gasteiger partial charge in [-0.3, -0.25) is 9.59 Å². The Morgan fingerprint density at radius 3 is 2.56 bits per heavy atom. The van der Waals surface area contributed by atoms with Crippen LogP contribution in [0.5, 0.6) is 5.75 Å². The van der Waals surface area contributed by atoms with Crippen LogP contribution in [-0.4, -0.2) is 36.8 Å². The Morgan fingerprint density at radius 2 is 1.85 bits per heavy atom. The highest BCUT2D eigenvalue weighted by Gasteiger charge is 2.55. The Morgan fingerprint density at radius 1 is 1.07 bits per heavy atom. The number of imide groups is 1. The van der Waals surface area contributed by atoms with E-state index >= 15 is 0 Å². The lowest BCUT2D eigenvalue weighted by Gasteiger charge is -2.21. The van der Waals surface area contributed by atoms with Gasteiger partial charge in [-0.25, -0.2) is 9.91 Å². The summed E-state index contributed by atoms with van der Waals surface area (Å²) in [6.07, 6.45) is 1.95.